The molecule has 0 aliphatic carbocycles. The molecule has 1 heterocycles. The Labute approximate surface area is 155 Å². The molecule has 0 atom stereocenters. The summed E-state index contributed by atoms with van der Waals surface area (Å²) in [5.74, 6) is 0.577. The van der Waals surface area contributed by atoms with Gasteiger partial charge in [0.1, 0.15) is 5.75 Å². The Balaban J connectivity index is 1.89. The normalized spacial score (nSPS) is 20.1. The summed E-state index contributed by atoms with van der Waals surface area (Å²) in [4.78, 5) is 12.2. The molecule has 0 aromatic heterocycles. The van der Waals surface area contributed by atoms with Gasteiger partial charge in [-0.25, -0.2) is 0 Å². The third-order valence-electron chi connectivity index (χ3n) is 3.81. The number of halogens is 2. The number of amides is 1. The molecular formula is C17H24Br2N2O2. The van der Waals surface area contributed by atoms with E-state index in [0.717, 1.165) is 21.8 Å². The molecule has 0 bridgehead atoms. The SMILES string of the molecule is CC1(C)CC(NC(=O)COc2ccc(Br)cc2Br)CC(C)(C)N1. The summed E-state index contributed by atoms with van der Waals surface area (Å²) >= 11 is 6.82. The minimum Gasteiger partial charge on any atom is -0.483 e. The quantitative estimate of drug-likeness (QED) is 0.732. The first-order chi connectivity index (χ1) is 10.6. The molecule has 1 amide bonds. The molecule has 2 rings (SSSR count). The highest BCUT2D eigenvalue weighted by molar-refractivity contribution is 9.11. The van der Waals surface area contributed by atoms with E-state index in [1.807, 2.05) is 18.2 Å². The Bertz CT molecular complexity index is 572. The van der Waals surface area contributed by atoms with E-state index in [1.54, 1.807) is 0 Å². The molecule has 0 unspecified atom stereocenters. The summed E-state index contributed by atoms with van der Waals surface area (Å²) in [7, 11) is 0. The van der Waals surface area contributed by atoms with Gasteiger partial charge in [0, 0.05) is 21.6 Å². The van der Waals surface area contributed by atoms with E-state index in [4.69, 9.17) is 4.74 Å². The van der Waals surface area contributed by atoms with Gasteiger partial charge in [0.2, 0.25) is 0 Å². The largest absolute Gasteiger partial charge is 0.483 e. The van der Waals surface area contributed by atoms with Crippen molar-refractivity contribution >= 4 is 37.8 Å². The van der Waals surface area contributed by atoms with E-state index < -0.39 is 0 Å². The standard InChI is InChI=1S/C17H24Br2N2O2/c1-16(2)8-12(9-17(3,4)21-16)20-15(22)10-23-14-6-5-11(18)7-13(14)19/h5-7,12,21H,8-10H2,1-4H3,(H,20,22). The van der Waals surface area contributed by atoms with E-state index in [9.17, 15) is 4.79 Å². The topological polar surface area (TPSA) is 50.4 Å². The van der Waals surface area contributed by atoms with Gasteiger partial charge in [0.15, 0.2) is 6.61 Å². The van der Waals surface area contributed by atoms with Crippen LogP contribution in [-0.2, 0) is 4.79 Å². The number of piperidine rings is 1. The zero-order valence-corrected chi connectivity index (χ0v) is 17.2. The number of carbonyl (C=O) groups excluding carboxylic acids is 1. The van der Waals surface area contributed by atoms with Gasteiger partial charge in [-0.15, -0.1) is 0 Å². The van der Waals surface area contributed by atoms with Crippen LogP contribution in [0, 0.1) is 0 Å². The molecular weight excluding hydrogens is 424 g/mol. The molecule has 1 fully saturated rings. The second-order valence-corrected chi connectivity index (χ2v) is 9.20. The van der Waals surface area contributed by atoms with E-state index in [2.05, 4.69) is 70.2 Å². The van der Waals surface area contributed by atoms with Crippen molar-refractivity contribution in [3.63, 3.8) is 0 Å². The summed E-state index contributed by atoms with van der Waals surface area (Å²) < 4.78 is 7.39. The summed E-state index contributed by atoms with van der Waals surface area (Å²) in [5.41, 5.74) is 0.0184. The number of hydrogen-bond donors (Lipinski definition) is 2. The average molecular weight is 448 g/mol. The molecule has 1 aliphatic rings. The molecule has 4 nitrogen and oxygen atoms in total. The van der Waals surface area contributed by atoms with Crippen molar-refractivity contribution in [3.8, 4) is 5.75 Å². The lowest BCUT2D eigenvalue weighted by Gasteiger charge is -2.46. The zero-order valence-electron chi connectivity index (χ0n) is 14.0. The lowest BCUT2D eigenvalue weighted by Crippen LogP contribution is -2.62. The van der Waals surface area contributed by atoms with Crippen LogP contribution in [0.2, 0.25) is 0 Å². The van der Waals surface area contributed by atoms with Crippen LogP contribution in [0.3, 0.4) is 0 Å². The van der Waals surface area contributed by atoms with E-state index in [-0.39, 0.29) is 29.6 Å². The van der Waals surface area contributed by atoms with Gasteiger partial charge >= 0.3 is 0 Å². The van der Waals surface area contributed by atoms with Crippen LogP contribution in [0.15, 0.2) is 27.1 Å². The van der Waals surface area contributed by atoms with Crippen molar-refractivity contribution in [1.82, 2.24) is 10.6 Å². The third kappa shape index (κ3) is 5.76. The highest BCUT2D eigenvalue weighted by Crippen LogP contribution is 2.29. The van der Waals surface area contributed by atoms with Crippen molar-refractivity contribution in [2.75, 3.05) is 6.61 Å². The monoisotopic (exact) mass is 446 g/mol. The molecule has 1 saturated heterocycles. The minimum atomic E-state index is -0.0849. The maximum atomic E-state index is 12.2. The van der Waals surface area contributed by atoms with Crippen LogP contribution >= 0.6 is 31.9 Å². The summed E-state index contributed by atoms with van der Waals surface area (Å²) in [6, 6.07) is 5.77. The first kappa shape index (κ1) is 18.7. The average Bonchev–Trinajstić information content (AvgIpc) is 2.33. The summed E-state index contributed by atoms with van der Waals surface area (Å²) in [6.07, 6.45) is 1.81. The van der Waals surface area contributed by atoms with Gasteiger partial charge < -0.3 is 15.4 Å². The minimum absolute atomic E-state index is 0.00922. The lowest BCUT2D eigenvalue weighted by atomic mass is 9.79. The molecule has 1 aromatic carbocycles. The molecule has 23 heavy (non-hydrogen) atoms. The second kappa shape index (κ2) is 7.11. The number of carbonyl (C=O) groups is 1. The molecule has 2 N–H and O–H groups in total. The van der Waals surface area contributed by atoms with E-state index in [1.165, 1.54) is 0 Å². The Kier molecular flexibility index (Phi) is 5.80. The summed E-state index contributed by atoms with van der Waals surface area (Å²) in [6.45, 7) is 8.70. The van der Waals surface area contributed by atoms with Gasteiger partial charge in [0.05, 0.1) is 4.47 Å². The number of hydrogen-bond acceptors (Lipinski definition) is 3. The number of ether oxygens (including phenoxy) is 1. The predicted octanol–water partition coefficient (Wildman–Crippen LogP) is 4.02. The number of nitrogens with one attached hydrogen (secondary N) is 2. The molecule has 1 aliphatic heterocycles. The highest BCUT2D eigenvalue weighted by Gasteiger charge is 2.38. The first-order valence-corrected chi connectivity index (χ1v) is 9.31. The molecule has 128 valence electrons. The van der Waals surface area contributed by atoms with Gasteiger partial charge in [-0.05, 0) is 74.7 Å². The molecule has 1 aromatic rings. The molecule has 0 saturated carbocycles. The van der Waals surface area contributed by atoms with E-state index in [0.29, 0.717) is 5.75 Å². The first-order valence-electron chi connectivity index (χ1n) is 7.73. The van der Waals surface area contributed by atoms with Crippen molar-refractivity contribution in [3.05, 3.63) is 27.1 Å². The van der Waals surface area contributed by atoms with Crippen LogP contribution in [0.4, 0.5) is 0 Å². The smallest absolute Gasteiger partial charge is 0.258 e. The highest BCUT2D eigenvalue weighted by atomic mass is 79.9. The zero-order chi connectivity index (χ0) is 17.3. The Morgan fingerprint density at radius 1 is 1.26 bits per heavy atom. The summed E-state index contributed by atoms with van der Waals surface area (Å²) in [5, 5.41) is 6.72. The van der Waals surface area contributed by atoms with Crippen molar-refractivity contribution < 1.29 is 9.53 Å². The molecule has 0 radical (unpaired) electrons. The van der Waals surface area contributed by atoms with Crippen LogP contribution in [0.25, 0.3) is 0 Å². The van der Waals surface area contributed by atoms with Gasteiger partial charge in [0.25, 0.3) is 5.91 Å². The Hall–Kier alpha value is -0.590. The fourth-order valence-electron chi connectivity index (χ4n) is 3.43. The fourth-order valence-corrected chi connectivity index (χ4v) is 4.59. The fraction of sp³-hybridized carbons (Fsp3) is 0.588. The second-order valence-electron chi connectivity index (χ2n) is 7.43. The Morgan fingerprint density at radius 2 is 1.87 bits per heavy atom. The predicted molar refractivity (Wildman–Crippen MR) is 99.8 cm³/mol. The van der Waals surface area contributed by atoms with Crippen molar-refractivity contribution in [2.45, 2.75) is 57.7 Å². The van der Waals surface area contributed by atoms with Crippen molar-refractivity contribution in [1.29, 1.82) is 0 Å². The number of benzene rings is 1. The number of rotatable bonds is 4. The Morgan fingerprint density at radius 3 is 2.43 bits per heavy atom. The van der Waals surface area contributed by atoms with Crippen LogP contribution in [-0.4, -0.2) is 29.6 Å². The van der Waals surface area contributed by atoms with Gasteiger partial charge in [-0.2, -0.15) is 0 Å². The van der Waals surface area contributed by atoms with Crippen LogP contribution < -0.4 is 15.4 Å². The maximum absolute atomic E-state index is 12.2. The third-order valence-corrected chi connectivity index (χ3v) is 4.92. The van der Waals surface area contributed by atoms with Gasteiger partial charge in [-0.1, -0.05) is 15.9 Å². The van der Waals surface area contributed by atoms with E-state index >= 15 is 0 Å². The van der Waals surface area contributed by atoms with Gasteiger partial charge in [-0.3, -0.25) is 4.79 Å². The van der Waals surface area contributed by atoms with Crippen molar-refractivity contribution in [2.24, 2.45) is 0 Å². The van der Waals surface area contributed by atoms with Crippen LogP contribution in [0.1, 0.15) is 40.5 Å². The molecule has 0 spiro atoms. The van der Waals surface area contributed by atoms with Crippen LogP contribution in [0.5, 0.6) is 5.75 Å². The molecule has 6 heteroatoms. The lowest BCUT2D eigenvalue weighted by molar-refractivity contribution is -0.124. The maximum Gasteiger partial charge on any atom is 0.258 e.